The van der Waals surface area contributed by atoms with E-state index < -0.39 is 17.2 Å². The lowest BCUT2D eigenvalue weighted by atomic mass is 9.94. The van der Waals surface area contributed by atoms with Crippen molar-refractivity contribution >= 4 is 23.2 Å². The predicted octanol–water partition coefficient (Wildman–Crippen LogP) is 5.04. The summed E-state index contributed by atoms with van der Waals surface area (Å²) < 4.78 is 27.1. The van der Waals surface area contributed by atoms with Crippen LogP contribution < -0.4 is 0 Å². The van der Waals surface area contributed by atoms with Gasteiger partial charge in [0.2, 0.25) is 0 Å². The van der Waals surface area contributed by atoms with Crippen molar-refractivity contribution in [1.82, 2.24) is 4.98 Å². The zero-order valence-electron chi connectivity index (χ0n) is 12.1. The average molecular weight is 346 g/mol. The van der Waals surface area contributed by atoms with E-state index in [0.717, 1.165) is 6.07 Å². The highest BCUT2D eigenvalue weighted by Gasteiger charge is 2.19. The molecule has 2 rings (SSSR count). The lowest BCUT2D eigenvalue weighted by Crippen LogP contribution is -2.19. The molecule has 22 heavy (non-hydrogen) atoms. The van der Waals surface area contributed by atoms with Gasteiger partial charge in [-0.05, 0) is 56.0 Å². The molecule has 0 aliphatic heterocycles. The summed E-state index contributed by atoms with van der Waals surface area (Å²) >= 11 is 12.0. The van der Waals surface area contributed by atoms with Crippen LogP contribution in [0.5, 0.6) is 0 Å². The van der Waals surface area contributed by atoms with Gasteiger partial charge in [0, 0.05) is 11.6 Å². The maximum absolute atomic E-state index is 14.1. The summed E-state index contributed by atoms with van der Waals surface area (Å²) in [4.78, 5) is 3.96. The Hall–Kier alpha value is -1.23. The number of halogens is 4. The summed E-state index contributed by atoms with van der Waals surface area (Å²) in [6.07, 6.45) is 0.796. The van der Waals surface area contributed by atoms with Gasteiger partial charge >= 0.3 is 0 Å². The summed E-state index contributed by atoms with van der Waals surface area (Å²) in [6, 6.07) is 4.79. The number of aromatic nitrogens is 1. The van der Waals surface area contributed by atoms with E-state index in [1.807, 2.05) is 0 Å². The van der Waals surface area contributed by atoms with E-state index in [2.05, 4.69) is 4.98 Å². The average Bonchev–Trinajstić information content (AvgIpc) is 2.35. The Morgan fingerprint density at radius 2 is 1.82 bits per heavy atom. The summed E-state index contributed by atoms with van der Waals surface area (Å²) in [6.45, 7) is 3.34. The van der Waals surface area contributed by atoms with Crippen LogP contribution in [0.4, 0.5) is 8.78 Å². The number of nitrogens with zero attached hydrogens (tertiary/aromatic N) is 1. The molecule has 0 aliphatic carbocycles. The Bertz CT molecular complexity index is 699. The molecule has 2 nitrogen and oxygen atoms in total. The fourth-order valence-corrected chi connectivity index (χ4v) is 2.65. The number of benzene rings is 1. The largest absolute Gasteiger partial charge is 0.390 e. The molecule has 1 aromatic carbocycles. The van der Waals surface area contributed by atoms with Crippen molar-refractivity contribution in [1.29, 1.82) is 0 Å². The first-order valence-electron chi connectivity index (χ1n) is 6.70. The van der Waals surface area contributed by atoms with Crippen LogP contribution in [0.3, 0.4) is 0 Å². The predicted molar refractivity (Wildman–Crippen MR) is 84.2 cm³/mol. The molecule has 0 saturated carbocycles. The minimum atomic E-state index is -0.901. The van der Waals surface area contributed by atoms with Crippen molar-refractivity contribution in [2.75, 3.05) is 0 Å². The Morgan fingerprint density at radius 3 is 2.41 bits per heavy atom. The van der Waals surface area contributed by atoms with Crippen molar-refractivity contribution in [3.05, 3.63) is 51.8 Å². The molecule has 0 amide bonds. The van der Waals surface area contributed by atoms with Crippen LogP contribution >= 0.6 is 23.2 Å². The van der Waals surface area contributed by atoms with Gasteiger partial charge in [0.05, 0.1) is 5.60 Å². The van der Waals surface area contributed by atoms with Gasteiger partial charge in [-0.2, -0.15) is 0 Å². The van der Waals surface area contributed by atoms with Gasteiger partial charge in [-0.1, -0.05) is 23.2 Å². The number of hydrogen-bond donors (Lipinski definition) is 1. The first-order valence-corrected chi connectivity index (χ1v) is 7.46. The van der Waals surface area contributed by atoms with Crippen molar-refractivity contribution in [3.8, 4) is 11.1 Å². The molecular weight excluding hydrogens is 331 g/mol. The van der Waals surface area contributed by atoms with Crippen LogP contribution in [0.15, 0.2) is 24.3 Å². The SMILES string of the molecule is CC(C)(O)CCc1c(-c2ccc(F)cc2F)cc(Cl)nc1Cl. The molecule has 0 bridgehead atoms. The van der Waals surface area contributed by atoms with Crippen molar-refractivity contribution in [2.24, 2.45) is 0 Å². The minimum absolute atomic E-state index is 0.121. The quantitative estimate of drug-likeness (QED) is 0.787. The van der Waals surface area contributed by atoms with Gasteiger partial charge in [-0.15, -0.1) is 0 Å². The lowest BCUT2D eigenvalue weighted by Gasteiger charge is -2.19. The Balaban J connectivity index is 2.53. The van der Waals surface area contributed by atoms with E-state index in [9.17, 15) is 13.9 Å². The second-order valence-corrected chi connectivity index (χ2v) is 6.44. The highest BCUT2D eigenvalue weighted by atomic mass is 35.5. The second kappa shape index (κ2) is 6.49. The smallest absolute Gasteiger partial charge is 0.134 e. The van der Waals surface area contributed by atoms with Crippen LogP contribution in [-0.2, 0) is 6.42 Å². The van der Waals surface area contributed by atoms with E-state index in [4.69, 9.17) is 23.2 Å². The highest BCUT2D eigenvalue weighted by Crippen LogP contribution is 2.34. The normalized spacial score (nSPS) is 11.8. The van der Waals surface area contributed by atoms with E-state index >= 15 is 0 Å². The van der Waals surface area contributed by atoms with Crippen molar-refractivity contribution in [3.63, 3.8) is 0 Å². The summed E-state index contributed by atoms with van der Waals surface area (Å²) in [7, 11) is 0. The van der Waals surface area contributed by atoms with Gasteiger partial charge < -0.3 is 5.11 Å². The Kier molecular flexibility index (Phi) is 5.05. The molecule has 0 aliphatic rings. The molecule has 2 aromatic rings. The number of hydrogen-bond acceptors (Lipinski definition) is 2. The second-order valence-electron chi connectivity index (χ2n) is 5.70. The van der Waals surface area contributed by atoms with Gasteiger partial charge in [0.1, 0.15) is 21.9 Å². The van der Waals surface area contributed by atoms with Crippen molar-refractivity contribution < 1.29 is 13.9 Å². The molecule has 0 unspecified atom stereocenters. The molecule has 6 heteroatoms. The third kappa shape index (κ3) is 4.15. The zero-order valence-corrected chi connectivity index (χ0v) is 13.6. The fraction of sp³-hybridized carbons (Fsp3) is 0.312. The third-order valence-electron chi connectivity index (χ3n) is 3.25. The monoisotopic (exact) mass is 345 g/mol. The van der Waals surface area contributed by atoms with Crippen LogP contribution in [0.1, 0.15) is 25.8 Å². The van der Waals surface area contributed by atoms with Crippen molar-refractivity contribution in [2.45, 2.75) is 32.3 Å². The topological polar surface area (TPSA) is 33.1 Å². The molecular formula is C16H15Cl2F2NO. The highest BCUT2D eigenvalue weighted by molar-refractivity contribution is 6.33. The third-order valence-corrected chi connectivity index (χ3v) is 3.76. The zero-order chi connectivity index (χ0) is 16.5. The summed E-state index contributed by atoms with van der Waals surface area (Å²) in [5.74, 6) is -1.37. The van der Waals surface area contributed by atoms with Gasteiger partial charge in [-0.3, -0.25) is 0 Å². The Morgan fingerprint density at radius 1 is 1.14 bits per heavy atom. The lowest BCUT2D eigenvalue weighted by molar-refractivity contribution is 0.0714. The summed E-state index contributed by atoms with van der Waals surface area (Å²) in [5.41, 5.74) is 0.311. The van der Waals surface area contributed by atoms with E-state index in [0.29, 0.717) is 24.0 Å². The summed E-state index contributed by atoms with van der Waals surface area (Å²) in [5, 5.41) is 10.1. The first-order chi connectivity index (χ1) is 10.2. The molecule has 1 N–H and O–H groups in total. The minimum Gasteiger partial charge on any atom is -0.390 e. The van der Waals surface area contributed by atoms with Crippen LogP contribution in [0, 0.1) is 11.6 Å². The van der Waals surface area contributed by atoms with Crippen LogP contribution in [-0.4, -0.2) is 15.7 Å². The maximum atomic E-state index is 14.1. The molecule has 1 heterocycles. The van der Waals surface area contributed by atoms with Gasteiger partial charge in [-0.25, -0.2) is 13.8 Å². The molecule has 0 spiro atoms. The van der Waals surface area contributed by atoms with Gasteiger partial charge in [0.25, 0.3) is 0 Å². The molecule has 0 atom stereocenters. The number of rotatable bonds is 4. The molecule has 0 radical (unpaired) electrons. The number of aliphatic hydroxyl groups is 1. The standard InChI is InChI=1S/C16H15Cl2F2NO/c1-16(2,22)6-5-11-12(8-14(17)21-15(11)18)10-4-3-9(19)7-13(10)20/h3-4,7-8,22H,5-6H2,1-2H3. The van der Waals surface area contributed by atoms with Gasteiger partial charge in [0.15, 0.2) is 0 Å². The Labute approximate surface area is 137 Å². The fourth-order valence-electron chi connectivity index (χ4n) is 2.13. The van der Waals surface area contributed by atoms with Crippen LogP contribution in [0.25, 0.3) is 11.1 Å². The maximum Gasteiger partial charge on any atom is 0.134 e. The molecule has 0 saturated heterocycles. The molecule has 1 aromatic heterocycles. The van der Waals surface area contributed by atoms with E-state index in [-0.39, 0.29) is 15.9 Å². The van der Waals surface area contributed by atoms with E-state index in [1.165, 1.54) is 18.2 Å². The van der Waals surface area contributed by atoms with E-state index in [1.54, 1.807) is 13.8 Å². The number of pyridine rings is 1. The first kappa shape index (κ1) is 17.1. The molecule has 118 valence electrons. The molecule has 0 fully saturated rings. The van der Waals surface area contributed by atoms with Crippen LogP contribution in [0.2, 0.25) is 10.3 Å².